The Morgan fingerprint density at radius 3 is 1.89 bits per heavy atom. The van der Waals surface area contributed by atoms with Crippen molar-refractivity contribution >= 4 is 0 Å². The van der Waals surface area contributed by atoms with E-state index in [1.54, 1.807) is 0 Å². The Kier molecular flexibility index (Phi) is 5.23. The smallest absolute Gasteiger partial charge is 0.0957 e. The van der Waals surface area contributed by atoms with Crippen LogP contribution in [0.25, 0.3) is 0 Å². The Hall–Kier alpha value is -0.560. The van der Waals surface area contributed by atoms with Crippen LogP contribution in [0.3, 0.4) is 0 Å². The quantitative estimate of drug-likeness (QED) is 0.504. The summed E-state index contributed by atoms with van der Waals surface area (Å²) in [6.45, 7) is 12.8. The predicted octanol–water partition coefficient (Wildman–Crippen LogP) is 0.263. The van der Waals surface area contributed by atoms with E-state index in [-0.39, 0.29) is 0 Å². The molecule has 0 saturated carbocycles. The van der Waals surface area contributed by atoms with Crippen LogP contribution in [0.4, 0.5) is 0 Å². The van der Waals surface area contributed by atoms with Crippen LogP contribution in [0, 0.1) is 0 Å². The summed E-state index contributed by atoms with van der Waals surface area (Å²) in [6, 6.07) is 0. The summed E-state index contributed by atoms with van der Waals surface area (Å²) in [7, 11) is 0. The van der Waals surface area contributed by atoms with Crippen molar-refractivity contribution in [1.29, 1.82) is 0 Å². The Morgan fingerprint density at radius 1 is 1.22 bits per heavy atom. The molecule has 0 spiro atoms. The molecule has 9 heavy (non-hydrogen) atoms. The summed E-state index contributed by atoms with van der Waals surface area (Å²) < 4.78 is 0. The largest absolute Gasteiger partial charge is 0.329 e. The third kappa shape index (κ3) is 3.98. The fourth-order valence-corrected chi connectivity index (χ4v) is 0.780. The molecule has 0 radical (unpaired) electrons. The summed E-state index contributed by atoms with van der Waals surface area (Å²) >= 11 is 0. The van der Waals surface area contributed by atoms with E-state index in [1.165, 1.54) is 4.90 Å². The third-order valence-corrected chi connectivity index (χ3v) is 1.37. The average molecular weight is 126 g/mol. The highest BCUT2D eigenvalue weighted by Crippen LogP contribution is 1.56. The van der Waals surface area contributed by atoms with Crippen molar-refractivity contribution in [1.82, 2.24) is 0 Å². The van der Waals surface area contributed by atoms with Gasteiger partial charge in [0, 0.05) is 0 Å². The molecule has 0 unspecified atom stereocenters. The minimum absolute atomic E-state index is 1.04. The normalized spacial score (nSPS) is 9.56. The van der Waals surface area contributed by atoms with Crippen molar-refractivity contribution in [2.24, 2.45) is 0 Å². The molecule has 1 nitrogen and oxygen atoms in total. The highest BCUT2D eigenvalue weighted by Gasteiger charge is 1.96. The number of nitrogens with one attached hydrogen (secondary N) is 1. The number of likely N-dealkylation sites (N-methyl/N-ethyl adjacent to an activating group) is 1. The van der Waals surface area contributed by atoms with Gasteiger partial charge in [0.05, 0.1) is 19.6 Å². The molecule has 0 atom stereocenters. The summed E-state index contributed by atoms with van der Waals surface area (Å²) in [4.78, 5) is 1.51. The van der Waals surface area contributed by atoms with Gasteiger partial charge in [-0.05, 0) is 19.1 Å². The van der Waals surface area contributed by atoms with Crippen molar-refractivity contribution < 1.29 is 4.90 Å². The molecule has 52 valence electrons. The van der Waals surface area contributed by atoms with Crippen LogP contribution < -0.4 is 4.90 Å². The zero-order valence-electron chi connectivity index (χ0n) is 6.19. The van der Waals surface area contributed by atoms with Crippen LogP contribution in [0.1, 0.15) is 6.92 Å². The molecular weight excluding hydrogens is 110 g/mol. The molecule has 0 bridgehead atoms. The van der Waals surface area contributed by atoms with Crippen LogP contribution >= 0.6 is 0 Å². The molecule has 0 aromatic heterocycles. The standard InChI is InChI=1S/C8H15N/c1-4-7-9(6-3)8-5-2/h4-5H,1-2,6-8H2,3H3/p+1. The van der Waals surface area contributed by atoms with Gasteiger partial charge >= 0.3 is 0 Å². The summed E-state index contributed by atoms with van der Waals surface area (Å²) in [5.74, 6) is 0. The maximum absolute atomic E-state index is 3.68. The van der Waals surface area contributed by atoms with Gasteiger partial charge in [0.25, 0.3) is 0 Å². The fraction of sp³-hybridized carbons (Fsp3) is 0.500. The molecule has 0 saturated heterocycles. The van der Waals surface area contributed by atoms with Crippen molar-refractivity contribution in [3.63, 3.8) is 0 Å². The highest BCUT2D eigenvalue weighted by molar-refractivity contribution is 4.67. The maximum Gasteiger partial charge on any atom is 0.0957 e. The molecule has 0 aliphatic carbocycles. The lowest BCUT2D eigenvalue weighted by atomic mass is 10.4. The molecule has 0 aliphatic heterocycles. The van der Waals surface area contributed by atoms with E-state index in [9.17, 15) is 0 Å². The summed E-state index contributed by atoms with van der Waals surface area (Å²) in [5.41, 5.74) is 0. The lowest BCUT2D eigenvalue weighted by Gasteiger charge is -2.11. The average Bonchev–Trinajstić information content (AvgIpc) is 1.88. The minimum atomic E-state index is 1.04. The van der Waals surface area contributed by atoms with Gasteiger partial charge in [-0.25, -0.2) is 0 Å². The van der Waals surface area contributed by atoms with Gasteiger partial charge in [0.2, 0.25) is 0 Å². The number of quaternary nitrogens is 1. The Labute approximate surface area is 57.7 Å². The molecule has 0 heterocycles. The zero-order chi connectivity index (χ0) is 7.11. The van der Waals surface area contributed by atoms with E-state index in [4.69, 9.17) is 0 Å². The number of hydrogen-bond donors (Lipinski definition) is 1. The monoisotopic (exact) mass is 126 g/mol. The summed E-state index contributed by atoms with van der Waals surface area (Å²) in [5, 5.41) is 0. The first kappa shape index (κ1) is 8.44. The molecule has 0 aromatic carbocycles. The zero-order valence-corrected chi connectivity index (χ0v) is 6.19. The number of hydrogen-bond acceptors (Lipinski definition) is 0. The second-order valence-electron chi connectivity index (χ2n) is 2.09. The molecule has 1 heteroatoms. The van der Waals surface area contributed by atoms with E-state index >= 15 is 0 Å². The minimum Gasteiger partial charge on any atom is -0.329 e. The molecule has 0 fully saturated rings. The lowest BCUT2D eigenvalue weighted by Crippen LogP contribution is -3.11. The van der Waals surface area contributed by atoms with Gasteiger partial charge in [-0.15, -0.1) is 0 Å². The van der Waals surface area contributed by atoms with Crippen LogP contribution in [0.2, 0.25) is 0 Å². The van der Waals surface area contributed by atoms with E-state index in [0.29, 0.717) is 0 Å². The maximum atomic E-state index is 3.68. The first-order valence-electron chi connectivity index (χ1n) is 3.40. The van der Waals surface area contributed by atoms with Gasteiger partial charge in [-0.3, -0.25) is 0 Å². The summed E-state index contributed by atoms with van der Waals surface area (Å²) in [6.07, 6.45) is 3.89. The Bertz CT molecular complexity index is 76.6. The molecule has 0 amide bonds. The Morgan fingerprint density at radius 2 is 1.67 bits per heavy atom. The SMILES string of the molecule is C=CC[NH+](CC)CC=C. The highest BCUT2D eigenvalue weighted by atomic mass is 15.1. The topological polar surface area (TPSA) is 4.44 Å². The molecular formula is C8H16N+. The van der Waals surface area contributed by atoms with Crippen LogP contribution in [-0.4, -0.2) is 19.6 Å². The predicted molar refractivity (Wildman–Crippen MR) is 41.6 cm³/mol. The number of rotatable bonds is 5. The van der Waals surface area contributed by atoms with Gasteiger partial charge < -0.3 is 4.90 Å². The van der Waals surface area contributed by atoms with Gasteiger partial charge in [-0.2, -0.15) is 0 Å². The third-order valence-electron chi connectivity index (χ3n) is 1.37. The van der Waals surface area contributed by atoms with E-state index in [2.05, 4.69) is 20.1 Å². The Balaban J connectivity index is 3.39. The first-order valence-corrected chi connectivity index (χ1v) is 3.40. The van der Waals surface area contributed by atoms with Crippen molar-refractivity contribution in [3.8, 4) is 0 Å². The van der Waals surface area contributed by atoms with E-state index in [0.717, 1.165) is 19.6 Å². The fourth-order valence-electron chi connectivity index (χ4n) is 0.780. The molecule has 1 N–H and O–H groups in total. The van der Waals surface area contributed by atoms with Crippen molar-refractivity contribution in [2.75, 3.05) is 19.6 Å². The molecule has 0 aliphatic rings. The van der Waals surface area contributed by atoms with Crippen LogP contribution in [0.15, 0.2) is 25.3 Å². The van der Waals surface area contributed by atoms with E-state index in [1.807, 2.05) is 12.2 Å². The second kappa shape index (κ2) is 5.57. The van der Waals surface area contributed by atoms with Gasteiger partial charge in [-0.1, -0.05) is 13.2 Å². The van der Waals surface area contributed by atoms with Gasteiger partial charge in [0.15, 0.2) is 0 Å². The van der Waals surface area contributed by atoms with E-state index < -0.39 is 0 Å². The first-order chi connectivity index (χ1) is 4.35. The van der Waals surface area contributed by atoms with Gasteiger partial charge in [0.1, 0.15) is 0 Å². The van der Waals surface area contributed by atoms with Crippen molar-refractivity contribution in [2.45, 2.75) is 6.92 Å². The lowest BCUT2D eigenvalue weighted by molar-refractivity contribution is -0.886. The van der Waals surface area contributed by atoms with Crippen LogP contribution in [0.5, 0.6) is 0 Å². The second-order valence-corrected chi connectivity index (χ2v) is 2.09. The van der Waals surface area contributed by atoms with Crippen LogP contribution in [-0.2, 0) is 0 Å². The molecule has 0 aromatic rings. The van der Waals surface area contributed by atoms with Crippen molar-refractivity contribution in [3.05, 3.63) is 25.3 Å². The molecule has 0 rings (SSSR count).